The zero-order valence-electron chi connectivity index (χ0n) is 12.5. The Morgan fingerprint density at radius 1 is 1.18 bits per heavy atom. The van der Waals surface area contributed by atoms with E-state index in [1.165, 1.54) is 17.7 Å². The van der Waals surface area contributed by atoms with Gasteiger partial charge in [0.1, 0.15) is 6.54 Å². The number of rotatable bonds is 3. The molecule has 0 saturated heterocycles. The highest BCUT2D eigenvalue weighted by molar-refractivity contribution is 5.80. The first-order valence-electron chi connectivity index (χ1n) is 6.86. The lowest BCUT2D eigenvalue weighted by atomic mass is 10.1. The number of hydrogen-bond donors (Lipinski definition) is 0. The van der Waals surface area contributed by atoms with E-state index in [-0.39, 0.29) is 5.69 Å². The molecule has 0 saturated carbocycles. The summed E-state index contributed by atoms with van der Waals surface area (Å²) in [4.78, 5) is 14.3. The molecule has 0 unspecified atom stereocenters. The number of aliphatic imine (C=N–C) groups is 1. The van der Waals surface area contributed by atoms with Gasteiger partial charge in [0.05, 0.1) is 4.92 Å². The van der Waals surface area contributed by atoms with Crippen LogP contribution < -0.4 is 0 Å². The maximum atomic E-state index is 10.5. The minimum Gasteiger partial charge on any atom is -0.280 e. The molecule has 2 aromatic rings. The fourth-order valence-corrected chi connectivity index (χ4v) is 1.97. The van der Waals surface area contributed by atoms with Crippen molar-refractivity contribution < 1.29 is 4.92 Å². The third kappa shape index (κ3) is 4.29. The van der Waals surface area contributed by atoms with Gasteiger partial charge in [0.15, 0.2) is 0 Å². The van der Waals surface area contributed by atoms with E-state index in [1.807, 2.05) is 19.1 Å². The third-order valence-corrected chi connectivity index (χ3v) is 3.12. The van der Waals surface area contributed by atoms with Crippen LogP contribution in [0.15, 0.2) is 47.5 Å². The molecule has 0 spiro atoms. The average Bonchev–Trinajstić information content (AvgIpc) is 2.49. The second kappa shape index (κ2) is 7.19. The zero-order chi connectivity index (χ0) is 15.9. The fraction of sp³-hybridized carbons (Fsp3) is 0.167. The second-order valence-electron chi connectivity index (χ2n) is 4.94. The maximum Gasteiger partial charge on any atom is 0.269 e. The molecule has 0 amide bonds. The third-order valence-electron chi connectivity index (χ3n) is 3.12. The van der Waals surface area contributed by atoms with E-state index in [4.69, 9.17) is 0 Å². The number of benzene rings is 2. The number of nitro benzene ring substituents is 1. The molecule has 2 rings (SSSR count). The summed E-state index contributed by atoms with van der Waals surface area (Å²) in [5.41, 5.74) is 4.29. The lowest BCUT2D eigenvalue weighted by Crippen LogP contribution is -1.88. The lowest BCUT2D eigenvalue weighted by molar-refractivity contribution is -0.384. The average molecular weight is 292 g/mol. The van der Waals surface area contributed by atoms with E-state index in [9.17, 15) is 10.1 Å². The molecule has 4 heteroatoms. The highest BCUT2D eigenvalue weighted by atomic mass is 16.6. The first-order valence-corrected chi connectivity index (χ1v) is 6.86. The van der Waals surface area contributed by atoms with Gasteiger partial charge in [-0.2, -0.15) is 0 Å². The summed E-state index contributed by atoms with van der Waals surface area (Å²) in [6.45, 7) is 4.49. The number of aryl methyl sites for hydroxylation is 2. The van der Waals surface area contributed by atoms with Crippen molar-refractivity contribution in [3.05, 3.63) is 74.8 Å². The zero-order valence-corrected chi connectivity index (χ0v) is 12.5. The minimum atomic E-state index is -0.420. The summed E-state index contributed by atoms with van der Waals surface area (Å²) in [6, 6.07) is 12.4. The predicted molar refractivity (Wildman–Crippen MR) is 88.4 cm³/mol. The molecule has 0 heterocycles. The standard InChI is InChI=1S/C18H16N2O2/c1-14-5-8-17(15(2)12-14)4-3-11-19-13-16-6-9-18(10-7-16)20(21)22/h5-10,12-13H,11H2,1-2H3. The molecular weight excluding hydrogens is 276 g/mol. The predicted octanol–water partition coefficient (Wildman–Crippen LogP) is 3.68. The Morgan fingerprint density at radius 2 is 1.91 bits per heavy atom. The maximum absolute atomic E-state index is 10.5. The Labute approximate surface area is 129 Å². The molecule has 2 aromatic carbocycles. The molecule has 0 aliphatic rings. The van der Waals surface area contributed by atoms with Gasteiger partial charge >= 0.3 is 0 Å². The number of nitro groups is 1. The smallest absolute Gasteiger partial charge is 0.269 e. The largest absolute Gasteiger partial charge is 0.280 e. The van der Waals surface area contributed by atoms with Gasteiger partial charge in [-0.05, 0) is 43.2 Å². The van der Waals surface area contributed by atoms with Crippen LogP contribution in [0.5, 0.6) is 0 Å². The Kier molecular flexibility index (Phi) is 5.05. The summed E-state index contributed by atoms with van der Waals surface area (Å²) in [5, 5.41) is 10.5. The van der Waals surface area contributed by atoms with Crippen LogP contribution in [0.3, 0.4) is 0 Å². The summed E-state index contributed by atoms with van der Waals surface area (Å²) < 4.78 is 0. The number of nitrogens with zero attached hydrogens (tertiary/aromatic N) is 2. The van der Waals surface area contributed by atoms with Crippen molar-refractivity contribution in [2.75, 3.05) is 6.54 Å². The van der Waals surface area contributed by atoms with E-state index in [2.05, 4.69) is 29.8 Å². The van der Waals surface area contributed by atoms with E-state index in [0.29, 0.717) is 6.54 Å². The van der Waals surface area contributed by atoms with E-state index < -0.39 is 4.92 Å². The Balaban J connectivity index is 1.96. The van der Waals surface area contributed by atoms with Crippen LogP contribution in [0.1, 0.15) is 22.3 Å². The molecule has 0 aliphatic carbocycles. The van der Waals surface area contributed by atoms with E-state index >= 15 is 0 Å². The van der Waals surface area contributed by atoms with Crippen LogP contribution in [0, 0.1) is 35.8 Å². The minimum absolute atomic E-state index is 0.0757. The molecule has 0 N–H and O–H groups in total. The van der Waals surface area contributed by atoms with Gasteiger partial charge in [0.2, 0.25) is 0 Å². The topological polar surface area (TPSA) is 55.5 Å². The van der Waals surface area contributed by atoms with E-state index in [1.54, 1.807) is 18.3 Å². The molecular formula is C18H16N2O2. The van der Waals surface area contributed by atoms with Crippen LogP contribution in [0.25, 0.3) is 0 Å². The molecule has 0 bridgehead atoms. The van der Waals surface area contributed by atoms with Gasteiger partial charge in [-0.3, -0.25) is 15.1 Å². The van der Waals surface area contributed by atoms with Gasteiger partial charge < -0.3 is 0 Å². The SMILES string of the molecule is Cc1ccc(C#CCN=Cc2ccc([N+](=O)[O-])cc2)c(C)c1. The van der Waals surface area contributed by atoms with Crippen molar-refractivity contribution >= 4 is 11.9 Å². The molecule has 22 heavy (non-hydrogen) atoms. The van der Waals surface area contributed by atoms with Crippen molar-refractivity contribution in [2.24, 2.45) is 4.99 Å². The fourth-order valence-electron chi connectivity index (χ4n) is 1.97. The molecule has 0 fully saturated rings. The summed E-state index contributed by atoms with van der Waals surface area (Å²) in [5.74, 6) is 6.10. The van der Waals surface area contributed by atoms with Crippen molar-refractivity contribution in [1.82, 2.24) is 0 Å². The van der Waals surface area contributed by atoms with Crippen LogP contribution >= 0.6 is 0 Å². The van der Waals surface area contributed by atoms with Crippen molar-refractivity contribution in [2.45, 2.75) is 13.8 Å². The lowest BCUT2D eigenvalue weighted by Gasteiger charge is -1.98. The normalized spacial score (nSPS) is 10.3. The molecule has 0 aromatic heterocycles. The highest BCUT2D eigenvalue weighted by Crippen LogP contribution is 2.10. The Bertz CT molecular complexity index is 766. The second-order valence-corrected chi connectivity index (χ2v) is 4.94. The van der Waals surface area contributed by atoms with Crippen LogP contribution in [-0.2, 0) is 0 Å². The molecule has 4 nitrogen and oxygen atoms in total. The Morgan fingerprint density at radius 3 is 2.55 bits per heavy atom. The number of non-ortho nitro benzene ring substituents is 1. The monoisotopic (exact) mass is 292 g/mol. The van der Waals surface area contributed by atoms with Crippen LogP contribution in [-0.4, -0.2) is 17.7 Å². The van der Waals surface area contributed by atoms with Crippen molar-refractivity contribution in [3.8, 4) is 11.8 Å². The highest BCUT2D eigenvalue weighted by Gasteiger charge is 2.02. The first kappa shape index (κ1) is 15.5. The van der Waals surface area contributed by atoms with Gasteiger partial charge in [0.25, 0.3) is 5.69 Å². The van der Waals surface area contributed by atoms with Crippen LogP contribution in [0.2, 0.25) is 0 Å². The molecule has 0 aliphatic heterocycles. The van der Waals surface area contributed by atoms with Gasteiger partial charge in [-0.25, -0.2) is 0 Å². The summed E-state index contributed by atoms with van der Waals surface area (Å²) in [6.07, 6.45) is 1.67. The van der Waals surface area contributed by atoms with Gasteiger partial charge in [-0.1, -0.05) is 29.5 Å². The Hall–Kier alpha value is -2.93. The molecule has 0 atom stereocenters. The number of hydrogen-bond acceptors (Lipinski definition) is 3. The van der Waals surface area contributed by atoms with Crippen molar-refractivity contribution in [3.63, 3.8) is 0 Å². The van der Waals surface area contributed by atoms with Crippen LogP contribution in [0.4, 0.5) is 5.69 Å². The molecule has 0 radical (unpaired) electrons. The van der Waals surface area contributed by atoms with Gasteiger partial charge in [0, 0.05) is 23.9 Å². The first-order chi connectivity index (χ1) is 10.6. The summed E-state index contributed by atoms with van der Waals surface area (Å²) in [7, 11) is 0. The van der Waals surface area contributed by atoms with Crippen molar-refractivity contribution in [1.29, 1.82) is 0 Å². The van der Waals surface area contributed by atoms with E-state index in [0.717, 1.165) is 16.7 Å². The van der Waals surface area contributed by atoms with Gasteiger partial charge in [-0.15, -0.1) is 0 Å². The molecule has 110 valence electrons. The summed E-state index contributed by atoms with van der Waals surface area (Å²) >= 11 is 0. The quantitative estimate of drug-likeness (QED) is 0.375.